The van der Waals surface area contributed by atoms with Crippen LogP contribution in [0.15, 0.2) is 0 Å². The fraction of sp³-hybridized carbons (Fsp3) is 0.833. The number of nitrogens with one attached hydrogen (secondary N) is 1. The second kappa shape index (κ2) is 5.67. The van der Waals surface area contributed by atoms with E-state index in [0.717, 1.165) is 13.0 Å². The number of hydrogen-bond donors (Lipinski definition) is 2. The van der Waals surface area contributed by atoms with Crippen LogP contribution in [0.25, 0.3) is 0 Å². The molecule has 102 valence electrons. The maximum absolute atomic E-state index is 11.9. The lowest BCUT2D eigenvalue weighted by Gasteiger charge is -2.21. The van der Waals surface area contributed by atoms with Gasteiger partial charge >= 0.3 is 5.97 Å². The number of carbonyl (C=O) groups excluding carboxylic acids is 1. The molecule has 6 nitrogen and oxygen atoms in total. The van der Waals surface area contributed by atoms with Gasteiger partial charge in [0.05, 0.1) is 6.61 Å². The maximum Gasteiger partial charge on any atom is 0.332 e. The van der Waals surface area contributed by atoms with Gasteiger partial charge in [-0.3, -0.25) is 4.79 Å². The number of carbonyl (C=O) groups is 2. The van der Waals surface area contributed by atoms with Crippen molar-refractivity contribution in [2.75, 3.05) is 13.2 Å². The minimum absolute atomic E-state index is 0.0347. The van der Waals surface area contributed by atoms with E-state index in [4.69, 9.17) is 14.6 Å². The molecule has 0 aromatic carbocycles. The van der Waals surface area contributed by atoms with Crippen LogP contribution in [0.3, 0.4) is 0 Å². The molecule has 0 aliphatic carbocycles. The van der Waals surface area contributed by atoms with Gasteiger partial charge < -0.3 is 19.9 Å². The molecule has 6 heteroatoms. The predicted octanol–water partition coefficient (Wildman–Crippen LogP) is 0.160. The Labute approximate surface area is 106 Å². The van der Waals surface area contributed by atoms with Crippen LogP contribution in [0.2, 0.25) is 0 Å². The molecule has 18 heavy (non-hydrogen) atoms. The van der Waals surface area contributed by atoms with Crippen molar-refractivity contribution < 1.29 is 24.2 Å². The van der Waals surface area contributed by atoms with Crippen molar-refractivity contribution in [3.05, 3.63) is 0 Å². The van der Waals surface area contributed by atoms with E-state index in [1.165, 1.54) is 0 Å². The first-order chi connectivity index (χ1) is 8.58. The molecule has 0 bridgehead atoms. The maximum atomic E-state index is 11.9. The Hall–Kier alpha value is -1.14. The first-order valence-corrected chi connectivity index (χ1v) is 6.34. The minimum atomic E-state index is -0.998. The van der Waals surface area contributed by atoms with Gasteiger partial charge in [0.25, 0.3) is 0 Å². The number of carboxylic acids is 1. The van der Waals surface area contributed by atoms with Gasteiger partial charge in [-0.05, 0) is 26.2 Å². The largest absolute Gasteiger partial charge is 0.479 e. The first kappa shape index (κ1) is 13.3. The third-order valence-corrected chi connectivity index (χ3v) is 3.63. The Kier molecular flexibility index (Phi) is 4.19. The van der Waals surface area contributed by atoms with E-state index in [1.807, 2.05) is 6.92 Å². The smallest absolute Gasteiger partial charge is 0.332 e. The highest BCUT2D eigenvalue weighted by molar-refractivity contribution is 5.82. The number of ether oxygens (including phenoxy) is 2. The average Bonchev–Trinajstić information content (AvgIpc) is 3.00. The Morgan fingerprint density at radius 2 is 2.00 bits per heavy atom. The molecule has 0 radical (unpaired) electrons. The molecule has 1 amide bonds. The quantitative estimate of drug-likeness (QED) is 0.749. The molecular weight excluding hydrogens is 238 g/mol. The molecule has 2 aliphatic rings. The van der Waals surface area contributed by atoms with Gasteiger partial charge in [-0.1, -0.05) is 0 Å². The van der Waals surface area contributed by atoms with Gasteiger partial charge in [0.2, 0.25) is 5.91 Å². The number of aliphatic carboxylic acids is 1. The summed E-state index contributed by atoms with van der Waals surface area (Å²) < 4.78 is 10.5. The zero-order valence-corrected chi connectivity index (χ0v) is 10.4. The molecule has 0 spiro atoms. The summed E-state index contributed by atoms with van der Waals surface area (Å²) in [5.41, 5.74) is 0. The summed E-state index contributed by atoms with van der Waals surface area (Å²) in [4.78, 5) is 22.6. The Morgan fingerprint density at radius 1 is 1.28 bits per heavy atom. The van der Waals surface area contributed by atoms with Gasteiger partial charge in [-0.2, -0.15) is 0 Å². The Bertz CT molecular complexity index is 326. The second-order valence-corrected chi connectivity index (χ2v) is 4.95. The SMILES string of the molecule is CC(NC(=O)C1CCC(C(=O)O)O1)C1CCOC1. The lowest BCUT2D eigenvalue weighted by molar-refractivity contribution is -0.152. The van der Waals surface area contributed by atoms with Gasteiger partial charge in [0.1, 0.15) is 6.10 Å². The average molecular weight is 257 g/mol. The van der Waals surface area contributed by atoms with Crippen molar-refractivity contribution >= 4 is 11.9 Å². The van der Waals surface area contributed by atoms with Crippen LogP contribution < -0.4 is 5.32 Å². The molecule has 0 aromatic rings. The van der Waals surface area contributed by atoms with E-state index in [1.54, 1.807) is 0 Å². The molecule has 4 unspecified atom stereocenters. The molecule has 2 heterocycles. The Balaban J connectivity index is 1.79. The normalized spacial score (nSPS) is 33.3. The van der Waals surface area contributed by atoms with Crippen LogP contribution in [-0.2, 0) is 19.1 Å². The van der Waals surface area contributed by atoms with Crippen molar-refractivity contribution in [2.24, 2.45) is 5.92 Å². The van der Waals surface area contributed by atoms with E-state index >= 15 is 0 Å². The molecule has 2 aliphatic heterocycles. The molecule has 4 atom stereocenters. The van der Waals surface area contributed by atoms with E-state index in [0.29, 0.717) is 25.4 Å². The van der Waals surface area contributed by atoms with Crippen LogP contribution in [0.5, 0.6) is 0 Å². The van der Waals surface area contributed by atoms with Crippen molar-refractivity contribution in [2.45, 2.75) is 44.4 Å². The summed E-state index contributed by atoms with van der Waals surface area (Å²) in [6.45, 7) is 3.36. The third kappa shape index (κ3) is 3.00. The highest BCUT2D eigenvalue weighted by Gasteiger charge is 2.35. The number of hydrogen-bond acceptors (Lipinski definition) is 4. The van der Waals surface area contributed by atoms with Crippen molar-refractivity contribution in [1.29, 1.82) is 0 Å². The van der Waals surface area contributed by atoms with Crippen LogP contribution in [0.1, 0.15) is 26.2 Å². The third-order valence-electron chi connectivity index (χ3n) is 3.63. The van der Waals surface area contributed by atoms with Crippen molar-refractivity contribution in [1.82, 2.24) is 5.32 Å². The van der Waals surface area contributed by atoms with Crippen LogP contribution in [0.4, 0.5) is 0 Å². The molecule has 2 rings (SSSR count). The highest BCUT2D eigenvalue weighted by atomic mass is 16.5. The summed E-state index contributed by atoms with van der Waals surface area (Å²) in [5, 5.41) is 11.7. The molecule has 2 N–H and O–H groups in total. The van der Waals surface area contributed by atoms with Crippen molar-refractivity contribution in [3.63, 3.8) is 0 Å². The lowest BCUT2D eigenvalue weighted by Crippen LogP contribution is -2.44. The summed E-state index contributed by atoms with van der Waals surface area (Å²) >= 11 is 0. The minimum Gasteiger partial charge on any atom is -0.479 e. The van der Waals surface area contributed by atoms with E-state index in [-0.39, 0.29) is 11.9 Å². The summed E-state index contributed by atoms with van der Waals surface area (Å²) in [7, 11) is 0. The fourth-order valence-corrected chi connectivity index (χ4v) is 2.39. The Morgan fingerprint density at radius 3 is 2.56 bits per heavy atom. The molecule has 2 saturated heterocycles. The van der Waals surface area contributed by atoms with Gasteiger partial charge in [-0.25, -0.2) is 4.79 Å². The van der Waals surface area contributed by atoms with Crippen LogP contribution in [-0.4, -0.2) is 48.4 Å². The summed E-state index contributed by atoms with van der Waals surface area (Å²) in [6, 6.07) is 0.0347. The fourth-order valence-electron chi connectivity index (χ4n) is 2.39. The van der Waals surface area contributed by atoms with E-state index < -0.39 is 18.2 Å². The predicted molar refractivity (Wildman–Crippen MR) is 62.1 cm³/mol. The van der Waals surface area contributed by atoms with Crippen LogP contribution in [0, 0.1) is 5.92 Å². The lowest BCUT2D eigenvalue weighted by atomic mass is 10.0. The summed E-state index contributed by atoms with van der Waals surface area (Å²) in [5.74, 6) is -0.869. The number of amides is 1. The summed E-state index contributed by atoms with van der Waals surface area (Å²) in [6.07, 6.45) is 0.345. The zero-order chi connectivity index (χ0) is 13.1. The first-order valence-electron chi connectivity index (χ1n) is 6.34. The van der Waals surface area contributed by atoms with E-state index in [2.05, 4.69) is 5.32 Å². The second-order valence-electron chi connectivity index (χ2n) is 4.95. The highest BCUT2D eigenvalue weighted by Crippen LogP contribution is 2.21. The van der Waals surface area contributed by atoms with Gasteiger partial charge in [-0.15, -0.1) is 0 Å². The van der Waals surface area contributed by atoms with Gasteiger partial charge in [0, 0.05) is 18.6 Å². The molecular formula is C12H19NO5. The molecule has 0 aromatic heterocycles. The molecule has 0 saturated carbocycles. The van der Waals surface area contributed by atoms with Crippen molar-refractivity contribution in [3.8, 4) is 0 Å². The molecule has 2 fully saturated rings. The monoisotopic (exact) mass is 257 g/mol. The zero-order valence-electron chi connectivity index (χ0n) is 10.4. The van der Waals surface area contributed by atoms with Gasteiger partial charge in [0.15, 0.2) is 6.10 Å². The standard InChI is InChI=1S/C12H19NO5/c1-7(8-4-5-17-6-8)13-11(14)9-2-3-10(18-9)12(15)16/h7-10H,2-6H2,1H3,(H,13,14)(H,15,16). The number of rotatable bonds is 4. The van der Waals surface area contributed by atoms with E-state index in [9.17, 15) is 9.59 Å². The van der Waals surface area contributed by atoms with Crippen LogP contribution >= 0.6 is 0 Å². The number of carboxylic acid groups (broad SMARTS) is 1. The topological polar surface area (TPSA) is 84.9 Å².